The molecule has 104 valence electrons. The zero-order valence-electron chi connectivity index (χ0n) is 11.6. The molecule has 0 radical (unpaired) electrons. The predicted octanol–water partition coefficient (Wildman–Crippen LogP) is 3.54. The third-order valence-corrected chi connectivity index (χ3v) is 3.10. The van der Waals surface area contributed by atoms with Gasteiger partial charge in [0.2, 0.25) is 6.29 Å². The summed E-state index contributed by atoms with van der Waals surface area (Å²) in [7, 11) is 0. The summed E-state index contributed by atoms with van der Waals surface area (Å²) in [4.78, 5) is 11.9. The third-order valence-electron chi connectivity index (χ3n) is 3.10. The van der Waals surface area contributed by atoms with Crippen molar-refractivity contribution in [2.45, 2.75) is 52.4 Å². The highest BCUT2D eigenvalue weighted by molar-refractivity contribution is 5.90. The summed E-state index contributed by atoms with van der Waals surface area (Å²) in [6.45, 7) is 5.93. The Hall–Kier alpha value is -1.71. The van der Waals surface area contributed by atoms with Gasteiger partial charge in [0.15, 0.2) is 11.5 Å². The SMILES string of the molecule is CCCC1Oc2ccc(C(=O)OC(C)CC)cc2O1. The molecule has 0 bridgehead atoms. The van der Waals surface area contributed by atoms with Crippen LogP contribution in [0.2, 0.25) is 0 Å². The molecule has 0 fully saturated rings. The topological polar surface area (TPSA) is 44.8 Å². The van der Waals surface area contributed by atoms with Crippen molar-refractivity contribution in [3.05, 3.63) is 23.8 Å². The van der Waals surface area contributed by atoms with Gasteiger partial charge in [0.25, 0.3) is 0 Å². The van der Waals surface area contributed by atoms with Gasteiger partial charge in [-0.2, -0.15) is 0 Å². The fourth-order valence-electron chi connectivity index (χ4n) is 1.82. The summed E-state index contributed by atoms with van der Waals surface area (Å²) in [5.41, 5.74) is 0.500. The fraction of sp³-hybridized carbons (Fsp3) is 0.533. The monoisotopic (exact) mass is 264 g/mol. The van der Waals surface area contributed by atoms with E-state index < -0.39 is 0 Å². The normalized spacial score (nSPS) is 18.2. The first kappa shape index (κ1) is 13.7. The zero-order valence-corrected chi connectivity index (χ0v) is 11.6. The van der Waals surface area contributed by atoms with Gasteiger partial charge in [0.05, 0.1) is 11.7 Å². The van der Waals surface area contributed by atoms with Crippen LogP contribution in [0.3, 0.4) is 0 Å². The molecule has 2 atom stereocenters. The van der Waals surface area contributed by atoms with Crippen molar-refractivity contribution in [1.82, 2.24) is 0 Å². The molecule has 19 heavy (non-hydrogen) atoms. The maximum atomic E-state index is 11.9. The minimum absolute atomic E-state index is 0.0780. The van der Waals surface area contributed by atoms with E-state index in [1.165, 1.54) is 0 Å². The smallest absolute Gasteiger partial charge is 0.338 e. The standard InChI is InChI=1S/C15H20O4/c1-4-6-14-18-12-8-7-11(9-13(12)19-14)15(16)17-10(3)5-2/h7-10,14H,4-6H2,1-3H3. The Kier molecular flexibility index (Phi) is 4.30. The lowest BCUT2D eigenvalue weighted by Gasteiger charge is -2.10. The lowest BCUT2D eigenvalue weighted by molar-refractivity contribution is 0.0330. The molecule has 2 rings (SSSR count). The quantitative estimate of drug-likeness (QED) is 0.763. The molecule has 0 N–H and O–H groups in total. The van der Waals surface area contributed by atoms with Crippen LogP contribution in [0, 0.1) is 0 Å². The summed E-state index contributed by atoms with van der Waals surface area (Å²) in [5.74, 6) is 0.996. The molecule has 0 saturated carbocycles. The van der Waals surface area contributed by atoms with Crippen molar-refractivity contribution in [1.29, 1.82) is 0 Å². The van der Waals surface area contributed by atoms with Gasteiger partial charge in [-0.25, -0.2) is 4.79 Å². The fourth-order valence-corrected chi connectivity index (χ4v) is 1.82. The average Bonchev–Trinajstić information content (AvgIpc) is 2.80. The van der Waals surface area contributed by atoms with Crippen LogP contribution >= 0.6 is 0 Å². The van der Waals surface area contributed by atoms with Gasteiger partial charge < -0.3 is 14.2 Å². The number of benzene rings is 1. The van der Waals surface area contributed by atoms with Gasteiger partial charge in [0.1, 0.15) is 0 Å². The highest BCUT2D eigenvalue weighted by Gasteiger charge is 2.24. The number of hydrogen-bond acceptors (Lipinski definition) is 4. The number of carbonyl (C=O) groups excluding carboxylic acids is 1. The first-order chi connectivity index (χ1) is 9.13. The summed E-state index contributed by atoms with van der Waals surface area (Å²) in [6, 6.07) is 5.16. The highest BCUT2D eigenvalue weighted by atomic mass is 16.7. The molecule has 1 aliphatic rings. The number of hydrogen-bond donors (Lipinski definition) is 0. The Morgan fingerprint density at radius 1 is 1.32 bits per heavy atom. The summed E-state index contributed by atoms with van der Waals surface area (Å²) in [5, 5.41) is 0. The molecular formula is C15H20O4. The Balaban J connectivity index is 2.07. The maximum absolute atomic E-state index is 11.9. The second-order valence-electron chi connectivity index (χ2n) is 4.74. The number of carbonyl (C=O) groups is 1. The number of rotatable bonds is 5. The molecule has 1 aromatic rings. The Labute approximate surface area is 113 Å². The second-order valence-corrected chi connectivity index (χ2v) is 4.74. The van der Waals surface area contributed by atoms with E-state index >= 15 is 0 Å². The van der Waals surface area contributed by atoms with Gasteiger partial charge in [0, 0.05) is 6.42 Å². The van der Waals surface area contributed by atoms with E-state index in [1.54, 1.807) is 18.2 Å². The summed E-state index contributed by atoms with van der Waals surface area (Å²) < 4.78 is 16.5. The van der Waals surface area contributed by atoms with E-state index in [0.29, 0.717) is 17.1 Å². The van der Waals surface area contributed by atoms with Crippen LogP contribution in [-0.2, 0) is 4.74 Å². The molecular weight excluding hydrogens is 244 g/mol. The van der Waals surface area contributed by atoms with Crippen molar-refractivity contribution in [3.8, 4) is 11.5 Å². The number of ether oxygens (including phenoxy) is 3. The molecule has 0 saturated heterocycles. The number of esters is 1. The van der Waals surface area contributed by atoms with Gasteiger partial charge in [-0.15, -0.1) is 0 Å². The minimum Gasteiger partial charge on any atom is -0.459 e. The van der Waals surface area contributed by atoms with Crippen LogP contribution in [0.1, 0.15) is 50.4 Å². The Bertz CT molecular complexity index is 455. The van der Waals surface area contributed by atoms with Crippen LogP contribution in [0.15, 0.2) is 18.2 Å². The minimum atomic E-state index is -0.320. The van der Waals surface area contributed by atoms with E-state index in [-0.39, 0.29) is 18.4 Å². The van der Waals surface area contributed by atoms with Crippen molar-refractivity contribution >= 4 is 5.97 Å². The van der Waals surface area contributed by atoms with Crippen LogP contribution in [0.5, 0.6) is 11.5 Å². The first-order valence-electron chi connectivity index (χ1n) is 6.82. The van der Waals surface area contributed by atoms with Gasteiger partial charge >= 0.3 is 5.97 Å². The maximum Gasteiger partial charge on any atom is 0.338 e. The molecule has 1 aliphatic heterocycles. The summed E-state index contributed by atoms with van der Waals surface area (Å²) in [6.07, 6.45) is 2.31. The van der Waals surface area contributed by atoms with E-state index in [4.69, 9.17) is 14.2 Å². The van der Waals surface area contributed by atoms with Crippen molar-refractivity contribution < 1.29 is 19.0 Å². The molecule has 1 heterocycles. The summed E-state index contributed by atoms with van der Waals surface area (Å²) >= 11 is 0. The molecule has 4 heteroatoms. The average molecular weight is 264 g/mol. The highest BCUT2D eigenvalue weighted by Crippen LogP contribution is 2.36. The molecule has 1 aromatic carbocycles. The molecule has 2 unspecified atom stereocenters. The van der Waals surface area contributed by atoms with Crippen LogP contribution in [0.4, 0.5) is 0 Å². The lowest BCUT2D eigenvalue weighted by atomic mass is 10.2. The van der Waals surface area contributed by atoms with Crippen LogP contribution < -0.4 is 9.47 Å². The van der Waals surface area contributed by atoms with Crippen molar-refractivity contribution in [2.75, 3.05) is 0 Å². The largest absolute Gasteiger partial charge is 0.459 e. The van der Waals surface area contributed by atoms with Crippen LogP contribution in [0.25, 0.3) is 0 Å². The van der Waals surface area contributed by atoms with Gasteiger partial charge in [-0.05, 0) is 38.0 Å². The van der Waals surface area contributed by atoms with Gasteiger partial charge in [-0.1, -0.05) is 13.8 Å². The van der Waals surface area contributed by atoms with E-state index in [2.05, 4.69) is 6.92 Å². The Morgan fingerprint density at radius 3 is 2.74 bits per heavy atom. The van der Waals surface area contributed by atoms with E-state index in [1.807, 2.05) is 13.8 Å². The Morgan fingerprint density at radius 2 is 2.05 bits per heavy atom. The van der Waals surface area contributed by atoms with Crippen LogP contribution in [-0.4, -0.2) is 18.4 Å². The predicted molar refractivity (Wildman–Crippen MR) is 71.6 cm³/mol. The molecule has 0 aliphatic carbocycles. The molecule has 0 aromatic heterocycles. The molecule has 0 spiro atoms. The zero-order chi connectivity index (χ0) is 13.8. The van der Waals surface area contributed by atoms with E-state index in [0.717, 1.165) is 19.3 Å². The lowest BCUT2D eigenvalue weighted by Crippen LogP contribution is -2.16. The van der Waals surface area contributed by atoms with Crippen molar-refractivity contribution in [3.63, 3.8) is 0 Å². The van der Waals surface area contributed by atoms with E-state index in [9.17, 15) is 4.79 Å². The molecule has 0 amide bonds. The molecule has 4 nitrogen and oxygen atoms in total. The third kappa shape index (κ3) is 3.19. The first-order valence-corrected chi connectivity index (χ1v) is 6.82. The van der Waals surface area contributed by atoms with Crippen molar-refractivity contribution in [2.24, 2.45) is 0 Å². The number of fused-ring (bicyclic) bond motifs is 1. The second kappa shape index (κ2) is 5.95. The van der Waals surface area contributed by atoms with Gasteiger partial charge in [-0.3, -0.25) is 0 Å².